The second-order valence-electron chi connectivity index (χ2n) is 7.93. The van der Waals surface area contributed by atoms with Gasteiger partial charge in [-0.25, -0.2) is 4.79 Å². The number of carbonyl (C=O) groups excluding carboxylic acids is 1. The summed E-state index contributed by atoms with van der Waals surface area (Å²) in [5.74, 6) is -1.59. The minimum atomic E-state index is -1.18. The van der Waals surface area contributed by atoms with Crippen LogP contribution in [0.15, 0.2) is 97.1 Å². The molecule has 5 nitrogen and oxygen atoms in total. The van der Waals surface area contributed by atoms with Crippen molar-refractivity contribution in [2.45, 2.75) is 12.6 Å². The molecule has 0 aromatic heterocycles. The maximum atomic E-state index is 13.0. The van der Waals surface area contributed by atoms with Crippen molar-refractivity contribution in [2.75, 3.05) is 5.32 Å². The zero-order valence-electron chi connectivity index (χ0n) is 18.5. The maximum Gasteiger partial charge on any atom is 0.337 e. The SMILES string of the molecule is O=C(Nc1ccc(Cl)cc1C(=O)O)c1cccc(C(NCc2cccc(Cl)c2)c2ccccc2)c1. The van der Waals surface area contributed by atoms with Gasteiger partial charge in [0.25, 0.3) is 5.91 Å². The standard InChI is InChI=1S/C28H22Cl2N2O3/c29-22-11-4-6-18(14-22)17-31-26(19-7-2-1-3-8-19)20-9-5-10-21(15-20)27(33)32-25-13-12-23(30)16-24(25)28(34)35/h1-16,26,31H,17H2,(H,32,33)(H,34,35). The average Bonchev–Trinajstić information content (AvgIpc) is 2.86. The van der Waals surface area contributed by atoms with Crippen molar-refractivity contribution in [3.8, 4) is 0 Å². The molecule has 1 amide bonds. The van der Waals surface area contributed by atoms with Crippen LogP contribution in [0.25, 0.3) is 0 Å². The van der Waals surface area contributed by atoms with E-state index in [2.05, 4.69) is 10.6 Å². The number of hydrogen-bond donors (Lipinski definition) is 3. The number of carboxylic acid groups (broad SMARTS) is 1. The number of rotatable bonds is 8. The largest absolute Gasteiger partial charge is 0.478 e. The first-order valence-electron chi connectivity index (χ1n) is 10.9. The van der Waals surface area contributed by atoms with E-state index in [0.29, 0.717) is 17.1 Å². The summed E-state index contributed by atoms with van der Waals surface area (Å²) in [5.41, 5.74) is 3.47. The highest BCUT2D eigenvalue weighted by atomic mass is 35.5. The Morgan fingerprint density at radius 1 is 0.771 bits per heavy atom. The lowest BCUT2D eigenvalue weighted by atomic mass is 9.96. The Morgan fingerprint density at radius 3 is 2.23 bits per heavy atom. The summed E-state index contributed by atoms with van der Waals surface area (Å²) in [4.78, 5) is 24.6. The van der Waals surface area contributed by atoms with Crippen LogP contribution in [0, 0.1) is 0 Å². The van der Waals surface area contributed by atoms with E-state index >= 15 is 0 Å². The Hall–Kier alpha value is -3.64. The fourth-order valence-corrected chi connectivity index (χ4v) is 4.18. The number of anilines is 1. The zero-order valence-corrected chi connectivity index (χ0v) is 20.1. The lowest BCUT2D eigenvalue weighted by molar-refractivity contribution is 0.0698. The van der Waals surface area contributed by atoms with Crippen molar-refractivity contribution >= 4 is 40.8 Å². The van der Waals surface area contributed by atoms with E-state index in [-0.39, 0.29) is 22.3 Å². The monoisotopic (exact) mass is 504 g/mol. The molecule has 4 rings (SSSR count). The van der Waals surface area contributed by atoms with E-state index in [1.54, 1.807) is 18.2 Å². The van der Waals surface area contributed by atoms with Crippen molar-refractivity contribution in [3.05, 3.63) is 135 Å². The highest BCUT2D eigenvalue weighted by Gasteiger charge is 2.18. The van der Waals surface area contributed by atoms with Gasteiger partial charge in [-0.2, -0.15) is 0 Å². The summed E-state index contributed by atoms with van der Waals surface area (Å²) in [6.07, 6.45) is 0. The molecule has 0 heterocycles. The second kappa shape index (κ2) is 11.2. The quantitative estimate of drug-likeness (QED) is 0.246. The van der Waals surface area contributed by atoms with Gasteiger partial charge < -0.3 is 15.7 Å². The first-order valence-corrected chi connectivity index (χ1v) is 11.6. The van der Waals surface area contributed by atoms with Gasteiger partial charge in [0.1, 0.15) is 0 Å². The fourth-order valence-electron chi connectivity index (χ4n) is 3.80. The first-order chi connectivity index (χ1) is 16.9. The van der Waals surface area contributed by atoms with Gasteiger partial charge in [-0.15, -0.1) is 0 Å². The highest BCUT2D eigenvalue weighted by molar-refractivity contribution is 6.31. The molecule has 0 saturated carbocycles. The van der Waals surface area contributed by atoms with E-state index in [4.69, 9.17) is 23.2 Å². The third kappa shape index (κ3) is 6.28. The number of hydrogen-bond acceptors (Lipinski definition) is 3. The number of aromatic carboxylic acids is 1. The smallest absolute Gasteiger partial charge is 0.337 e. The molecule has 0 aliphatic rings. The number of carboxylic acids is 1. The van der Waals surface area contributed by atoms with E-state index in [9.17, 15) is 14.7 Å². The summed E-state index contributed by atoms with van der Waals surface area (Å²) in [5, 5.41) is 16.7. The molecule has 176 valence electrons. The van der Waals surface area contributed by atoms with Gasteiger partial charge in [0.05, 0.1) is 17.3 Å². The molecule has 1 unspecified atom stereocenters. The van der Waals surface area contributed by atoms with Crippen LogP contribution >= 0.6 is 23.2 Å². The van der Waals surface area contributed by atoms with Crippen LogP contribution in [0.2, 0.25) is 10.0 Å². The molecule has 35 heavy (non-hydrogen) atoms. The topological polar surface area (TPSA) is 78.4 Å². The second-order valence-corrected chi connectivity index (χ2v) is 8.80. The Morgan fingerprint density at radius 2 is 1.49 bits per heavy atom. The van der Waals surface area contributed by atoms with Gasteiger partial charge in [-0.05, 0) is 59.2 Å². The first kappa shape index (κ1) is 24.5. The molecule has 0 bridgehead atoms. The molecule has 7 heteroatoms. The van der Waals surface area contributed by atoms with Crippen LogP contribution in [0.3, 0.4) is 0 Å². The van der Waals surface area contributed by atoms with Crippen LogP contribution in [0.4, 0.5) is 5.69 Å². The molecule has 1 atom stereocenters. The van der Waals surface area contributed by atoms with Crippen LogP contribution in [0.5, 0.6) is 0 Å². The molecule has 3 N–H and O–H groups in total. The Balaban J connectivity index is 1.61. The molecule has 0 aliphatic heterocycles. The normalized spacial score (nSPS) is 11.6. The predicted molar refractivity (Wildman–Crippen MR) is 139 cm³/mol. The minimum absolute atomic E-state index is 0.0765. The molecule has 0 aliphatic carbocycles. The van der Waals surface area contributed by atoms with Crippen LogP contribution in [0.1, 0.15) is 43.4 Å². The highest BCUT2D eigenvalue weighted by Crippen LogP contribution is 2.25. The molecule has 0 fully saturated rings. The van der Waals surface area contributed by atoms with Crippen molar-refractivity contribution in [1.29, 1.82) is 0 Å². The zero-order chi connectivity index (χ0) is 24.8. The van der Waals surface area contributed by atoms with Crippen molar-refractivity contribution in [2.24, 2.45) is 0 Å². The van der Waals surface area contributed by atoms with Crippen molar-refractivity contribution in [3.63, 3.8) is 0 Å². The average molecular weight is 505 g/mol. The summed E-state index contributed by atoms with van der Waals surface area (Å²) in [7, 11) is 0. The summed E-state index contributed by atoms with van der Waals surface area (Å²) in [6, 6.07) is 29.0. The number of carbonyl (C=O) groups is 2. The third-order valence-corrected chi connectivity index (χ3v) is 5.94. The summed E-state index contributed by atoms with van der Waals surface area (Å²) in [6.45, 7) is 0.573. The van der Waals surface area contributed by atoms with Crippen LogP contribution < -0.4 is 10.6 Å². The number of halogens is 2. The fraction of sp³-hybridized carbons (Fsp3) is 0.0714. The number of benzene rings is 4. The van der Waals surface area contributed by atoms with Crippen molar-refractivity contribution < 1.29 is 14.7 Å². The van der Waals surface area contributed by atoms with Gasteiger partial charge in [0, 0.05) is 22.2 Å². The molecular formula is C28H22Cl2N2O3. The molecule has 0 saturated heterocycles. The molecular weight excluding hydrogens is 483 g/mol. The Bertz CT molecular complexity index is 1360. The number of nitrogens with one attached hydrogen (secondary N) is 2. The molecule has 0 spiro atoms. The Kier molecular flexibility index (Phi) is 7.83. The van der Waals surface area contributed by atoms with E-state index in [1.807, 2.05) is 60.7 Å². The minimum Gasteiger partial charge on any atom is -0.478 e. The van der Waals surface area contributed by atoms with Crippen molar-refractivity contribution in [1.82, 2.24) is 5.32 Å². The lowest BCUT2D eigenvalue weighted by Gasteiger charge is -2.21. The van der Waals surface area contributed by atoms with E-state index in [0.717, 1.165) is 16.7 Å². The molecule has 4 aromatic rings. The van der Waals surface area contributed by atoms with Gasteiger partial charge in [0.15, 0.2) is 0 Å². The van der Waals surface area contributed by atoms with E-state index < -0.39 is 11.9 Å². The van der Waals surface area contributed by atoms with E-state index in [1.165, 1.54) is 18.2 Å². The maximum absolute atomic E-state index is 13.0. The van der Waals surface area contributed by atoms with Gasteiger partial charge in [0.2, 0.25) is 0 Å². The third-order valence-electron chi connectivity index (χ3n) is 5.47. The van der Waals surface area contributed by atoms with Crippen LogP contribution in [-0.4, -0.2) is 17.0 Å². The summed E-state index contributed by atoms with van der Waals surface area (Å²) >= 11 is 12.1. The predicted octanol–water partition coefficient (Wildman–Crippen LogP) is 6.82. The molecule has 0 radical (unpaired) electrons. The lowest BCUT2D eigenvalue weighted by Crippen LogP contribution is -2.23. The summed E-state index contributed by atoms with van der Waals surface area (Å²) < 4.78 is 0. The Labute approximate surface area is 213 Å². The molecule has 4 aromatic carbocycles. The number of amides is 1. The van der Waals surface area contributed by atoms with Crippen LogP contribution in [-0.2, 0) is 6.54 Å². The van der Waals surface area contributed by atoms with Gasteiger partial charge in [-0.1, -0.05) is 77.8 Å². The van der Waals surface area contributed by atoms with Gasteiger partial charge >= 0.3 is 5.97 Å². The van der Waals surface area contributed by atoms with Gasteiger partial charge in [-0.3, -0.25) is 4.79 Å².